The first kappa shape index (κ1) is 16.0. The first-order chi connectivity index (χ1) is 10.2. The van der Waals surface area contributed by atoms with Crippen molar-refractivity contribution in [1.29, 1.82) is 0 Å². The zero-order valence-corrected chi connectivity index (χ0v) is 12.8. The van der Waals surface area contributed by atoms with Crippen molar-refractivity contribution < 1.29 is 9.90 Å². The summed E-state index contributed by atoms with van der Waals surface area (Å²) in [6, 6.07) is 7.71. The lowest BCUT2D eigenvalue weighted by molar-refractivity contribution is -0.132. The van der Waals surface area contributed by atoms with Crippen molar-refractivity contribution in [3.63, 3.8) is 0 Å². The molecule has 4 heteroatoms. The van der Waals surface area contributed by atoms with E-state index in [9.17, 15) is 4.79 Å². The predicted molar refractivity (Wildman–Crippen MR) is 83.7 cm³/mol. The molecule has 0 aliphatic carbocycles. The van der Waals surface area contributed by atoms with Crippen LogP contribution in [0.3, 0.4) is 0 Å². The second-order valence-corrected chi connectivity index (χ2v) is 5.97. The van der Waals surface area contributed by atoms with E-state index in [0.29, 0.717) is 6.54 Å². The summed E-state index contributed by atoms with van der Waals surface area (Å²) in [5.41, 5.74) is 1.66. The fourth-order valence-electron chi connectivity index (χ4n) is 3.17. The summed E-state index contributed by atoms with van der Waals surface area (Å²) in [6.45, 7) is 4.48. The van der Waals surface area contributed by atoms with E-state index in [0.717, 1.165) is 49.9 Å². The Labute approximate surface area is 126 Å². The summed E-state index contributed by atoms with van der Waals surface area (Å²) < 4.78 is 0. The van der Waals surface area contributed by atoms with Crippen LogP contribution >= 0.6 is 0 Å². The van der Waals surface area contributed by atoms with Gasteiger partial charge in [-0.25, -0.2) is 0 Å². The quantitative estimate of drug-likeness (QED) is 0.750. The Bertz CT molecular complexity index is 462. The SMILES string of the molecule is CCCC1(C(=O)NCc2cccc(CO)c2)CCCNC1. The van der Waals surface area contributed by atoms with Gasteiger partial charge in [-0.15, -0.1) is 0 Å². The highest BCUT2D eigenvalue weighted by molar-refractivity contribution is 5.83. The number of rotatable bonds is 6. The lowest BCUT2D eigenvalue weighted by Gasteiger charge is -2.36. The van der Waals surface area contributed by atoms with Gasteiger partial charge in [0.2, 0.25) is 5.91 Å². The first-order valence-electron chi connectivity index (χ1n) is 7.88. The van der Waals surface area contributed by atoms with Gasteiger partial charge in [-0.2, -0.15) is 0 Å². The maximum Gasteiger partial charge on any atom is 0.227 e. The van der Waals surface area contributed by atoms with Crippen molar-refractivity contribution in [3.8, 4) is 0 Å². The molecule has 1 aliphatic rings. The number of hydrogen-bond donors (Lipinski definition) is 3. The van der Waals surface area contributed by atoms with Crippen LogP contribution in [0.4, 0.5) is 0 Å². The predicted octanol–water partition coefficient (Wildman–Crippen LogP) is 1.96. The largest absolute Gasteiger partial charge is 0.392 e. The average Bonchev–Trinajstić information content (AvgIpc) is 2.54. The monoisotopic (exact) mass is 290 g/mol. The van der Waals surface area contributed by atoms with Gasteiger partial charge in [0, 0.05) is 13.1 Å². The smallest absolute Gasteiger partial charge is 0.227 e. The van der Waals surface area contributed by atoms with E-state index in [-0.39, 0.29) is 17.9 Å². The van der Waals surface area contributed by atoms with Gasteiger partial charge < -0.3 is 15.7 Å². The topological polar surface area (TPSA) is 61.4 Å². The van der Waals surface area contributed by atoms with Crippen molar-refractivity contribution in [2.24, 2.45) is 5.41 Å². The van der Waals surface area contributed by atoms with Gasteiger partial charge >= 0.3 is 0 Å². The molecular formula is C17H26N2O2. The lowest BCUT2D eigenvalue weighted by Crippen LogP contribution is -2.50. The Kier molecular flexibility index (Phi) is 5.76. The van der Waals surface area contributed by atoms with E-state index < -0.39 is 0 Å². The Balaban J connectivity index is 1.98. The molecule has 1 fully saturated rings. The van der Waals surface area contributed by atoms with Crippen molar-refractivity contribution in [2.75, 3.05) is 13.1 Å². The van der Waals surface area contributed by atoms with Crippen LogP contribution in [0.2, 0.25) is 0 Å². The van der Waals surface area contributed by atoms with Gasteiger partial charge in [0.1, 0.15) is 0 Å². The molecule has 1 aliphatic heterocycles. The second-order valence-electron chi connectivity index (χ2n) is 5.97. The number of piperidine rings is 1. The highest BCUT2D eigenvalue weighted by Crippen LogP contribution is 2.31. The van der Waals surface area contributed by atoms with Crippen molar-refractivity contribution in [2.45, 2.75) is 45.8 Å². The van der Waals surface area contributed by atoms with E-state index in [1.807, 2.05) is 24.3 Å². The van der Waals surface area contributed by atoms with Crippen molar-refractivity contribution in [1.82, 2.24) is 10.6 Å². The summed E-state index contributed by atoms with van der Waals surface area (Å²) in [5.74, 6) is 0.158. The van der Waals surface area contributed by atoms with Crippen molar-refractivity contribution in [3.05, 3.63) is 35.4 Å². The van der Waals surface area contributed by atoms with E-state index in [2.05, 4.69) is 17.6 Å². The first-order valence-corrected chi connectivity index (χ1v) is 7.88. The van der Waals surface area contributed by atoms with Crippen LogP contribution in [-0.2, 0) is 17.9 Å². The van der Waals surface area contributed by atoms with Crippen LogP contribution in [-0.4, -0.2) is 24.1 Å². The molecule has 1 amide bonds. The zero-order valence-electron chi connectivity index (χ0n) is 12.8. The number of hydrogen-bond acceptors (Lipinski definition) is 3. The third-order valence-electron chi connectivity index (χ3n) is 4.31. The summed E-state index contributed by atoms with van der Waals surface area (Å²) in [4.78, 5) is 12.6. The molecule has 1 atom stereocenters. The minimum atomic E-state index is -0.248. The normalized spacial score (nSPS) is 22.0. The molecule has 0 bridgehead atoms. The van der Waals surface area contributed by atoms with Gasteiger partial charge in [-0.05, 0) is 36.9 Å². The molecule has 0 spiro atoms. The molecule has 3 N–H and O–H groups in total. The van der Waals surface area contributed by atoms with Crippen LogP contribution in [0, 0.1) is 5.41 Å². The molecular weight excluding hydrogens is 264 g/mol. The van der Waals surface area contributed by atoms with Crippen molar-refractivity contribution >= 4 is 5.91 Å². The number of carbonyl (C=O) groups is 1. The molecule has 1 saturated heterocycles. The Morgan fingerprint density at radius 2 is 2.24 bits per heavy atom. The Hall–Kier alpha value is -1.39. The van der Waals surface area contributed by atoms with E-state index in [1.54, 1.807) is 0 Å². The number of carbonyl (C=O) groups excluding carboxylic acids is 1. The maximum atomic E-state index is 12.6. The minimum Gasteiger partial charge on any atom is -0.392 e. The van der Waals surface area contributed by atoms with Gasteiger partial charge in [0.25, 0.3) is 0 Å². The molecule has 2 rings (SSSR count). The molecule has 1 aromatic rings. The Morgan fingerprint density at radius 3 is 2.90 bits per heavy atom. The van der Waals surface area contributed by atoms with E-state index in [1.165, 1.54) is 0 Å². The van der Waals surface area contributed by atoms with Gasteiger partial charge in [-0.3, -0.25) is 4.79 Å². The number of amides is 1. The molecule has 1 heterocycles. The number of aliphatic hydroxyl groups excluding tert-OH is 1. The fraction of sp³-hybridized carbons (Fsp3) is 0.588. The van der Waals surface area contributed by atoms with Crippen LogP contribution < -0.4 is 10.6 Å². The zero-order chi connectivity index (χ0) is 15.1. The minimum absolute atomic E-state index is 0.0332. The third kappa shape index (κ3) is 4.05. The Morgan fingerprint density at radius 1 is 1.43 bits per heavy atom. The van der Waals surface area contributed by atoms with E-state index >= 15 is 0 Å². The highest BCUT2D eigenvalue weighted by atomic mass is 16.3. The summed E-state index contributed by atoms with van der Waals surface area (Å²) >= 11 is 0. The van der Waals surface area contributed by atoms with Gasteiger partial charge in [0.15, 0.2) is 0 Å². The van der Waals surface area contributed by atoms with E-state index in [4.69, 9.17) is 5.11 Å². The summed E-state index contributed by atoms with van der Waals surface area (Å²) in [6.07, 6.45) is 3.99. The fourth-order valence-corrected chi connectivity index (χ4v) is 3.17. The number of benzene rings is 1. The van der Waals surface area contributed by atoms with Crippen LogP contribution in [0.5, 0.6) is 0 Å². The lowest BCUT2D eigenvalue weighted by atomic mass is 9.76. The molecule has 1 aromatic carbocycles. The molecule has 0 aromatic heterocycles. The molecule has 1 unspecified atom stereocenters. The van der Waals surface area contributed by atoms with Crippen LogP contribution in [0.15, 0.2) is 24.3 Å². The standard InChI is InChI=1S/C17H26N2O2/c1-2-7-17(8-4-9-18-13-17)16(21)19-11-14-5-3-6-15(10-14)12-20/h3,5-6,10,18,20H,2,4,7-9,11-13H2,1H3,(H,19,21). The average molecular weight is 290 g/mol. The molecule has 21 heavy (non-hydrogen) atoms. The highest BCUT2D eigenvalue weighted by Gasteiger charge is 2.38. The maximum absolute atomic E-state index is 12.6. The summed E-state index contributed by atoms with van der Waals surface area (Å²) in [7, 11) is 0. The second kappa shape index (κ2) is 7.57. The number of aliphatic hydroxyl groups is 1. The molecule has 0 saturated carbocycles. The van der Waals surface area contributed by atoms with Crippen LogP contribution in [0.25, 0.3) is 0 Å². The number of nitrogens with one attached hydrogen (secondary N) is 2. The molecule has 0 radical (unpaired) electrons. The third-order valence-corrected chi connectivity index (χ3v) is 4.31. The van der Waals surface area contributed by atoms with Gasteiger partial charge in [-0.1, -0.05) is 37.6 Å². The van der Waals surface area contributed by atoms with Gasteiger partial charge in [0.05, 0.1) is 12.0 Å². The molecule has 116 valence electrons. The van der Waals surface area contributed by atoms with Crippen LogP contribution in [0.1, 0.15) is 43.7 Å². The molecule has 4 nitrogen and oxygen atoms in total. The summed E-state index contributed by atoms with van der Waals surface area (Å²) in [5, 5.41) is 15.6.